The molecule has 1 aliphatic heterocycles. The van der Waals surface area contributed by atoms with Crippen molar-refractivity contribution in [2.24, 2.45) is 5.92 Å². The van der Waals surface area contributed by atoms with Gasteiger partial charge in [0.25, 0.3) is 11.8 Å². The minimum atomic E-state index is -1.80. The molecule has 3 rings (SSSR count). The van der Waals surface area contributed by atoms with E-state index in [-0.39, 0.29) is 19.1 Å². The maximum atomic E-state index is 13.2. The molecule has 0 radical (unpaired) electrons. The highest BCUT2D eigenvalue weighted by atomic mass is 16.5. The number of carbonyl (C=O) groups is 2. The van der Waals surface area contributed by atoms with Gasteiger partial charge in [-0.15, -0.1) is 6.58 Å². The monoisotopic (exact) mass is 436 g/mol. The Morgan fingerprint density at radius 2 is 2.00 bits per heavy atom. The Bertz CT molecular complexity index is 1030. The molecule has 7 heteroatoms. The number of anilines is 2. The fourth-order valence-corrected chi connectivity index (χ4v) is 3.80. The van der Waals surface area contributed by atoms with Gasteiger partial charge in [-0.3, -0.25) is 9.59 Å². The van der Waals surface area contributed by atoms with Crippen LogP contribution in [0.1, 0.15) is 29.3 Å². The van der Waals surface area contributed by atoms with Crippen molar-refractivity contribution in [3.05, 3.63) is 78.4 Å². The van der Waals surface area contributed by atoms with Crippen LogP contribution in [0.15, 0.2) is 67.3 Å². The highest BCUT2D eigenvalue weighted by molar-refractivity contribution is 6.09. The summed E-state index contributed by atoms with van der Waals surface area (Å²) in [5.41, 5.74) is 0.0970. The number of nitrogens with one attached hydrogen (secondary N) is 1. The molecular weight excluding hydrogens is 408 g/mol. The van der Waals surface area contributed by atoms with Gasteiger partial charge in [-0.25, -0.2) is 0 Å². The number of rotatable bonds is 9. The maximum Gasteiger partial charge on any atom is 0.264 e. The van der Waals surface area contributed by atoms with E-state index in [1.807, 2.05) is 0 Å². The quantitative estimate of drug-likeness (QED) is 0.524. The SMILES string of the molecule is C=CCN1C(=O)[C@@](O)([C@@H](C)/C=C/CCO)c2cc(NC(=O)c3ccc(OC)cc3)ccc21. The first kappa shape index (κ1) is 23.2. The van der Waals surface area contributed by atoms with Gasteiger partial charge in [0.1, 0.15) is 5.75 Å². The number of benzene rings is 2. The van der Waals surface area contributed by atoms with Gasteiger partial charge < -0.3 is 25.2 Å². The third kappa shape index (κ3) is 4.30. The Hall–Kier alpha value is -3.42. The van der Waals surface area contributed by atoms with Crippen LogP contribution in [-0.2, 0) is 10.4 Å². The average Bonchev–Trinajstić information content (AvgIpc) is 3.02. The van der Waals surface area contributed by atoms with Crippen LogP contribution in [0, 0.1) is 5.92 Å². The zero-order valence-electron chi connectivity index (χ0n) is 18.2. The number of aliphatic hydroxyl groups is 2. The van der Waals surface area contributed by atoms with E-state index in [1.165, 1.54) is 4.90 Å². The summed E-state index contributed by atoms with van der Waals surface area (Å²) in [7, 11) is 1.55. The van der Waals surface area contributed by atoms with E-state index < -0.39 is 17.4 Å². The molecule has 168 valence electrons. The molecule has 0 bridgehead atoms. The molecule has 2 atom stereocenters. The lowest BCUT2D eigenvalue weighted by Crippen LogP contribution is -2.44. The third-order valence-corrected chi connectivity index (χ3v) is 5.57. The number of nitrogens with zero attached hydrogens (tertiary/aromatic N) is 1. The molecule has 0 unspecified atom stereocenters. The van der Waals surface area contributed by atoms with E-state index in [0.29, 0.717) is 34.7 Å². The van der Waals surface area contributed by atoms with Crippen molar-refractivity contribution in [1.29, 1.82) is 0 Å². The molecule has 2 amide bonds. The minimum Gasteiger partial charge on any atom is -0.497 e. The highest BCUT2D eigenvalue weighted by Gasteiger charge is 2.52. The molecule has 2 aromatic carbocycles. The topological polar surface area (TPSA) is 99.1 Å². The summed E-state index contributed by atoms with van der Waals surface area (Å²) in [5, 5.41) is 23.4. The Morgan fingerprint density at radius 1 is 1.28 bits per heavy atom. The van der Waals surface area contributed by atoms with Crippen LogP contribution in [0.4, 0.5) is 11.4 Å². The summed E-state index contributed by atoms with van der Waals surface area (Å²) in [6, 6.07) is 11.7. The standard InChI is InChI=1S/C25H28N2O5/c1-4-14-27-22-13-10-19(26-23(29)18-8-11-20(32-3)12-9-18)16-21(22)25(31,24(27)30)17(2)7-5-6-15-28/h4-5,7-13,16-17,28,31H,1,6,14-15H2,2-3H3,(H,26,29)/b7-5+/t17-,25+/m0/s1. The molecule has 3 N–H and O–H groups in total. The fraction of sp³-hybridized carbons (Fsp3) is 0.280. The molecule has 0 fully saturated rings. The molecule has 2 aromatic rings. The third-order valence-electron chi connectivity index (χ3n) is 5.57. The Labute approximate surface area is 187 Å². The number of hydrogen-bond acceptors (Lipinski definition) is 5. The average molecular weight is 437 g/mol. The van der Waals surface area contributed by atoms with Crippen LogP contribution >= 0.6 is 0 Å². The summed E-state index contributed by atoms with van der Waals surface area (Å²) in [4.78, 5) is 27.4. The summed E-state index contributed by atoms with van der Waals surface area (Å²) in [6.45, 7) is 5.68. The van der Waals surface area contributed by atoms with Gasteiger partial charge in [-0.2, -0.15) is 0 Å². The van der Waals surface area contributed by atoms with Crippen molar-refractivity contribution in [3.8, 4) is 5.75 Å². The van der Waals surface area contributed by atoms with Crippen LogP contribution in [0.25, 0.3) is 0 Å². The Balaban J connectivity index is 1.95. The van der Waals surface area contributed by atoms with Gasteiger partial charge in [0, 0.05) is 35.9 Å². The zero-order chi connectivity index (χ0) is 23.3. The second-order valence-electron chi connectivity index (χ2n) is 7.61. The fourth-order valence-electron chi connectivity index (χ4n) is 3.80. The zero-order valence-corrected chi connectivity index (χ0v) is 18.2. The van der Waals surface area contributed by atoms with E-state index >= 15 is 0 Å². The second kappa shape index (κ2) is 9.80. The number of fused-ring (bicyclic) bond motifs is 1. The van der Waals surface area contributed by atoms with Gasteiger partial charge in [-0.1, -0.05) is 25.2 Å². The van der Waals surface area contributed by atoms with Crippen LogP contribution in [-0.4, -0.2) is 42.3 Å². The van der Waals surface area contributed by atoms with Crippen molar-refractivity contribution in [2.75, 3.05) is 30.5 Å². The molecule has 7 nitrogen and oxygen atoms in total. The first-order valence-electron chi connectivity index (χ1n) is 10.4. The van der Waals surface area contributed by atoms with Crippen molar-refractivity contribution in [1.82, 2.24) is 0 Å². The molecule has 0 aromatic heterocycles. The van der Waals surface area contributed by atoms with E-state index in [0.717, 1.165) is 0 Å². The summed E-state index contributed by atoms with van der Waals surface area (Å²) in [6.07, 6.45) is 5.48. The summed E-state index contributed by atoms with van der Waals surface area (Å²) < 4.78 is 5.12. The largest absolute Gasteiger partial charge is 0.497 e. The number of methoxy groups -OCH3 is 1. The molecule has 0 saturated carbocycles. The number of hydrogen-bond donors (Lipinski definition) is 3. The van der Waals surface area contributed by atoms with E-state index in [9.17, 15) is 14.7 Å². The molecule has 1 heterocycles. The van der Waals surface area contributed by atoms with E-state index in [1.54, 1.807) is 74.7 Å². The minimum absolute atomic E-state index is 0.0175. The predicted molar refractivity (Wildman–Crippen MR) is 124 cm³/mol. The Morgan fingerprint density at radius 3 is 2.62 bits per heavy atom. The Kier molecular flexibility index (Phi) is 7.12. The van der Waals surface area contributed by atoms with Crippen molar-refractivity contribution in [3.63, 3.8) is 0 Å². The highest BCUT2D eigenvalue weighted by Crippen LogP contribution is 2.46. The van der Waals surface area contributed by atoms with Crippen LogP contribution in [0.3, 0.4) is 0 Å². The lowest BCUT2D eigenvalue weighted by Gasteiger charge is -2.27. The second-order valence-corrected chi connectivity index (χ2v) is 7.61. The lowest BCUT2D eigenvalue weighted by atomic mass is 9.82. The summed E-state index contributed by atoms with van der Waals surface area (Å²) >= 11 is 0. The van der Waals surface area contributed by atoms with Crippen LogP contribution in [0.2, 0.25) is 0 Å². The normalized spacial score (nSPS) is 18.5. The van der Waals surface area contributed by atoms with Gasteiger partial charge in [0.2, 0.25) is 0 Å². The van der Waals surface area contributed by atoms with E-state index in [2.05, 4.69) is 11.9 Å². The number of ether oxygens (including phenoxy) is 1. The van der Waals surface area contributed by atoms with Gasteiger partial charge in [0.15, 0.2) is 5.60 Å². The summed E-state index contributed by atoms with van der Waals surface area (Å²) in [5.74, 6) is -0.678. The smallest absolute Gasteiger partial charge is 0.264 e. The molecule has 32 heavy (non-hydrogen) atoms. The van der Waals surface area contributed by atoms with E-state index in [4.69, 9.17) is 9.84 Å². The number of amides is 2. The molecule has 1 aliphatic rings. The predicted octanol–water partition coefficient (Wildman–Crippen LogP) is 3.24. The van der Waals surface area contributed by atoms with Crippen molar-refractivity contribution < 1.29 is 24.5 Å². The maximum absolute atomic E-state index is 13.2. The van der Waals surface area contributed by atoms with Gasteiger partial charge >= 0.3 is 0 Å². The van der Waals surface area contributed by atoms with Gasteiger partial charge in [0.05, 0.1) is 12.8 Å². The van der Waals surface area contributed by atoms with Gasteiger partial charge in [-0.05, 0) is 48.9 Å². The van der Waals surface area contributed by atoms with Crippen molar-refractivity contribution >= 4 is 23.2 Å². The first-order valence-corrected chi connectivity index (χ1v) is 10.4. The number of carbonyl (C=O) groups excluding carboxylic acids is 2. The van der Waals surface area contributed by atoms with Crippen molar-refractivity contribution in [2.45, 2.75) is 18.9 Å². The number of aliphatic hydroxyl groups excluding tert-OH is 1. The molecular formula is C25H28N2O5. The first-order chi connectivity index (χ1) is 15.4. The lowest BCUT2D eigenvalue weighted by molar-refractivity contribution is -0.139. The molecule has 0 spiro atoms. The van der Waals surface area contributed by atoms with Crippen LogP contribution in [0.5, 0.6) is 5.75 Å². The molecule has 0 saturated heterocycles. The molecule has 0 aliphatic carbocycles. The van der Waals surface area contributed by atoms with Crippen LogP contribution < -0.4 is 15.0 Å².